The van der Waals surface area contributed by atoms with Gasteiger partial charge in [0.05, 0.1) is 45.3 Å². The molecule has 0 amide bonds. The highest BCUT2D eigenvalue weighted by molar-refractivity contribution is 7.87. The fraction of sp³-hybridized carbons (Fsp3) is 0.0882. The number of hydrogen-bond acceptors (Lipinski definition) is 17. The maximum absolute atomic E-state index is 12.1. The van der Waals surface area contributed by atoms with Gasteiger partial charge in [-0.25, -0.2) is 0 Å². The number of hydrogen-bond donors (Lipinski definition) is 5. The van der Waals surface area contributed by atoms with E-state index < -0.39 is 46.2 Å². The highest BCUT2D eigenvalue weighted by Crippen LogP contribution is 2.35. The van der Waals surface area contributed by atoms with Gasteiger partial charge in [0.2, 0.25) is 11.9 Å². The van der Waals surface area contributed by atoms with Gasteiger partial charge in [0.25, 0.3) is 30.4 Å². The summed E-state index contributed by atoms with van der Waals surface area (Å²) in [5.41, 5.74) is 2.73. The third kappa shape index (κ3) is 9.49. The number of aryl methyl sites for hydroxylation is 1. The standard InChI is InChI=1S/C34H29N9O11S3/c1-19-13-24(10-12-28(19)42-41-22-8-7-20-14-26(56(48,49)50)18-31(27(20)16-22)57(51,52)53)43(2)33-36-32(37-34(44)38-33)35-29-11-9-23(17-30(29)54-3)40-39-21-5-4-6-25(15-21)55(45,46)47/h4-18H,1-3H3,(H,45,46,47)(H,48,49,50)(H,51,52,53)(H2,35,36,37,38,44)/b40-39+,42-41+. The Kier molecular flexibility index (Phi) is 11.0. The van der Waals surface area contributed by atoms with Crippen molar-refractivity contribution in [3.05, 3.63) is 96.6 Å². The van der Waals surface area contributed by atoms with Crippen LogP contribution in [0.2, 0.25) is 0 Å². The highest BCUT2D eigenvalue weighted by Gasteiger charge is 2.21. The van der Waals surface area contributed by atoms with Crippen LogP contribution in [-0.2, 0) is 30.4 Å². The molecule has 57 heavy (non-hydrogen) atoms. The van der Waals surface area contributed by atoms with Crippen LogP contribution < -0.4 is 15.0 Å². The van der Waals surface area contributed by atoms with E-state index in [0.717, 1.165) is 12.1 Å². The summed E-state index contributed by atoms with van der Waals surface area (Å²) in [5.74, 6) is 0.309. The number of aromatic nitrogens is 3. The van der Waals surface area contributed by atoms with E-state index in [1.54, 1.807) is 49.2 Å². The first kappa shape index (κ1) is 40.2. The SMILES string of the molecule is COc1cc(/N=N/c2cccc(S(=O)(=O)O)c2)ccc1Nc1nc(O)nc(N(C)c2ccc(/N=N/c3ccc4cc(S(=O)(=O)O)cc(S(=O)(=O)O)c4c3)c(C)c2)n1. The summed E-state index contributed by atoms with van der Waals surface area (Å²) in [6.07, 6.45) is 0. The minimum atomic E-state index is -4.90. The Morgan fingerprint density at radius 2 is 1.35 bits per heavy atom. The molecule has 20 nitrogen and oxygen atoms in total. The van der Waals surface area contributed by atoms with Crippen molar-refractivity contribution in [2.24, 2.45) is 20.5 Å². The molecule has 0 aliphatic rings. The molecule has 0 radical (unpaired) electrons. The molecule has 294 valence electrons. The van der Waals surface area contributed by atoms with Crippen LogP contribution in [0.5, 0.6) is 11.8 Å². The van der Waals surface area contributed by atoms with Crippen LogP contribution in [0.3, 0.4) is 0 Å². The topological polar surface area (TPSA) is 296 Å². The fourth-order valence-corrected chi connectivity index (χ4v) is 7.11. The average molecular weight is 836 g/mol. The predicted molar refractivity (Wildman–Crippen MR) is 205 cm³/mol. The van der Waals surface area contributed by atoms with Gasteiger partial charge >= 0.3 is 6.01 Å². The van der Waals surface area contributed by atoms with Crippen molar-refractivity contribution in [1.29, 1.82) is 0 Å². The van der Waals surface area contributed by atoms with Crippen molar-refractivity contribution < 1.29 is 48.8 Å². The number of fused-ring (bicyclic) bond motifs is 1. The van der Waals surface area contributed by atoms with Gasteiger partial charge in [0.1, 0.15) is 10.6 Å². The largest absolute Gasteiger partial charge is 0.494 e. The monoisotopic (exact) mass is 835 g/mol. The van der Waals surface area contributed by atoms with Gasteiger partial charge in [0, 0.05) is 24.2 Å². The summed E-state index contributed by atoms with van der Waals surface area (Å²) in [4.78, 5) is 12.2. The number of ether oxygens (including phenoxy) is 1. The van der Waals surface area contributed by atoms with Crippen molar-refractivity contribution >= 4 is 87.1 Å². The molecular weight excluding hydrogens is 807 g/mol. The predicted octanol–water partition coefficient (Wildman–Crippen LogP) is 7.13. The Labute approximate surface area is 324 Å². The molecule has 6 rings (SSSR count). The molecule has 1 aromatic heterocycles. The molecule has 5 aromatic carbocycles. The van der Waals surface area contributed by atoms with Crippen molar-refractivity contribution in [1.82, 2.24) is 15.0 Å². The van der Waals surface area contributed by atoms with Crippen molar-refractivity contribution in [3.8, 4) is 11.8 Å². The minimum Gasteiger partial charge on any atom is -0.494 e. The molecule has 5 N–H and O–H groups in total. The van der Waals surface area contributed by atoms with Crippen LogP contribution in [0.1, 0.15) is 5.56 Å². The average Bonchev–Trinajstić information content (AvgIpc) is 3.15. The first-order valence-corrected chi connectivity index (χ1v) is 20.3. The first-order valence-electron chi connectivity index (χ1n) is 16.0. The molecule has 0 fully saturated rings. The summed E-state index contributed by atoms with van der Waals surface area (Å²) in [5, 5.41) is 30.0. The quantitative estimate of drug-likeness (QED) is 0.0605. The molecule has 0 atom stereocenters. The molecule has 1 heterocycles. The number of nitrogens with zero attached hydrogens (tertiary/aromatic N) is 8. The molecule has 0 spiro atoms. The van der Waals surface area contributed by atoms with Crippen LogP contribution in [0, 0.1) is 6.92 Å². The van der Waals surface area contributed by atoms with Crippen LogP contribution in [0.4, 0.5) is 46.0 Å². The number of aromatic hydroxyl groups is 1. The molecule has 0 unspecified atom stereocenters. The Hall–Kier alpha value is -6.50. The summed E-state index contributed by atoms with van der Waals surface area (Å²) in [6, 6.07) is 20.3. The maximum atomic E-state index is 12.1. The van der Waals surface area contributed by atoms with Gasteiger partial charge in [-0.3, -0.25) is 13.7 Å². The molecule has 0 aliphatic heterocycles. The Morgan fingerprint density at radius 3 is 2.02 bits per heavy atom. The highest BCUT2D eigenvalue weighted by atomic mass is 32.2. The zero-order valence-electron chi connectivity index (χ0n) is 29.6. The number of benzene rings is 5. The van der Waals surface area contributed by atoms with Gasteiger partial charge in [0.15, 0.2) is 0 Å². The van der Waals surface area contributed by atoms with Crippen LogP contribution >= 0.6 is 0 Å². The van der Waals surface area contributed by atoms with E-state index in [1.165, 1.54) is 49.6 Å². The van der Waals surface area contributed by atoms with Crippen LogP contribution in [-0.4, -0.2) is 73.1 Å². The van der Waals surface area contributed by atoms with Crippen molar-refractivity contribution in [2.75, 3.05) is 24.4 Å². The van der Waals surface area contributed by atoms with Gasteiger partial charge in [-0.1, -0.05) is 12.1 Å². The number of azo groups is 2. The third-order valence-electron chi connectivity index (χ3n) is 8.03. The number of nitrogens with one attached hydrogen (secondary N) is 1. The second kappa shape index (κ2) is 15.6. The zero-order chi connectivity index (χ0) is 41.3. The van der Waals surface area contributed by atoms with E-state index in [1.807, 2.05) is 0 Å². The lowest BCUT2D eigenvalue weighted by molar-refractivity contribution is 0.416. The van der Waals surface area contributed by atoms with Gasteiger partial charge in [-0.2, -0.15) is 60.7 Å². The third-order valence-corrected chi connectivity index (χ3v) is 10.6. The number of methoxy groups -OCH3 is 1. The van der Waals surface area contributed by atoms with Crippen LogP contribution in [0.25, 0.3) is 10.8 Å². The normalized spacial score (nSPS) is 12.4. The van der Waals surface area contributed by atoms with Gasteiger partial charge in [-0.05, 0) is 90.7 Å². The number of rotatable bonds is 12. The van der Waals surface area contributed by atoms with E-state index in [-0.39, 0.29) is 38.9 Å². The second-order valence-electron chi connectivity index (χ2n) is 11.9. The molecule has 0 aliphatic carbocycles. The smallest absolute Gasteiger partial charge is 0.320 e. The lowest BCUT2D eigenvalue weighted by atomic mass is 10.1. The number of anilines is 4. The van der Waals surface area contributed by atoms with E-state index >= 15 is 0 Å². The summed E-state index contributed by atoms with van der Waals surface area (Å²) in [6.45, 7) is 1.75. The van der Waals surface area contributed by atoms with Gasteiger partial charge in [-0.15, -0.1) is 0 Å². The summed E-state index contributed by atoms with van der Waals surface area (Å²) < 4.78 is 104. The maximum Gasteiger partial charge on any atom is 0.320 e. The van der Waals surface area contributed by atoms with E-state index in [2.05, 4.69) is 40.7 Å². The molecule has 6 aromatic rings. The Morgan fingerprint density at radius 1 is 0.684 bits per heavy atom. The van der Waals surface area contributed by atoms with Crippen LogP contribution in [0.15, 0.2) is 126 Å². The van der Waals surface area contributed by atoms with Crippen molar-refractivity contribution in [3.63, 3.8) is 0 Å². The molecular formula is C34H29N9O11S3. The lowest BCUT2D eigenvalue weighted by Crippen LogP contribution is -2.14. The molecule has 0 saturated heterocycles. The molecule has 0 bridgehead atoms. The van der Waals surface area contributed by atoms with Crippen molar-refractivity contribution in [2.45, 2.75) is 21.6 Å². The van der Waals surface area contributed by atoms with E-state index in [4.69, 9.17) is 4.74 Å². The fourth-order valence-electron chi connectivity index (χ4n) is 5.24. The molecule has 23 heteroatoms. The Bertz CT molecular complexity index is 2970. The summed E-state index contributed by atoms with van der Waals surface area (Å²) in [7, 11) is -11.0. The van der Waals surface area contributed by atoms with E-state index in [0.29, 0.717) is 40.1 Å². The first-order chi connectivity index (χ1) is 26.8. The zero-order valence-corrected chi connectivity index (χ0v) is 32.1. The summed E-state index contributed by atoms with van der Waals surface area (Å²) >= 11 is 0. The lowest BCUT2D eigenvalue weighted by Gasteiger charge is -2.19. The minimum absolute atomic E-state index is 0.0389. The van der Waals surface area contributed by atoms with Gasteiger partial charge < -0.3 is 20.1 Å². The Balaban J connectivity index is 1.20. The second-order valence-corrected chi connectivity index (χ2v) is 16.2. The molecule has 0 saturated carbocycles. The van der Waals surface area contributed by atoms with E-state index in [9.17, 15) is 44.0 Å².